The number of carbonyl (C=O) groups is 2. The molecule has 1 fully saturated rings. The van der Waals surface area contributed by atoms with Gasteiger partial charge in [-0.3, -0.25) is 9.59 Å². The summed E-state index contributed by atoms with van der Waals surface area (Å²) in [5, 5.41) is 9.37. The lowest BCUT2D eigenvalue weighted by Crippen LogP contribution is -2.31. The predicted octanol–water partition coefficient (Wildman–Crippen LogP) is 9.73. The Morgan fingerprint density at radius 2 is 1.03 bits per heavy atom. The maximum Gasteiger partial charge on any atom is 0.309 e. The molecular formula is C32H60O4. The molecular weight excluding hydrogens is 448 g/mol. The van der Waals surface area contributed by atoms with Crippen molar-refractivity contribution in [3.63, 3.8) is 0 Å². The Morgan fingerprint density at radius 3 is 1.44 bits per heavy atom. The van der Waals surface area contributed by atoms with Gasteiger partial charge < -0.3 is 9.84 Å². The van der Waals surface area contributed by atoms with E-state index in [2.05, 4.69) is 27.7 Å². The molecule has 0 radical (unpaired) electrons. The molecule has 0 spiro atoms. The van der Waals surface area contributed by atoms with Crippen LogP contribution >= 0.6 is 0 Å². The standard InChI is InChI=1S/C32H60O4/c1-26(2)19-14-10-7-5-6-8-12-16-23-30(24-17-13-9-11-15-20-27(3)4)36-32(35)29-22-18-21-28(25-29)31(33)34/h26-30H,5-25H2,1-4H3,(H,33,34). The van der Waals surface area contributed by atoms with Gasteiger partial charge in [-0.1, -0.05) is 118 Å². The third-order valence-corrected chi connectivity index (χ3v) is 8.00. The van der Waals surface area contributed by atoms with Crippen LogP contribution in [-0.4, -0.2) is 23.1 Å². The first-order valence-electron chi connectivity index (χ1n) is 15.7. The molecule has 4 nitrogen and oxygen atoms in total. The summed E-state index contributed by atoms with van der Waals surface area (Å²) >= 11 is 0. The van der Waals surface area contributed by atoms with Gasteiger partial charge in [-0.05, 0) is 56.8 Å². The molecule has 0 aliphatic heterocycles. The van der Waals surface area contributed by atoms with E-state index in [1.165, 1.54) is 83.5 Å². The average Bonchev–Trinajstić information content (AvgIpc) is 2.83. The number of ether oxygens (including phenoxy) is 1. The van der Waals surface area contributed by atoms with Crippen LogP contribution in [0.4, 0.5) is 0 Å². The molecule has 0 amide bonds. The summed E-state index contributed by atoms with van der Waals surface area (Å²) in [6.07, 6.45) is 24.0. The monoisotopic (exact) mass is 508 g/mol. The second kappa shape index (κ2) is 20.9. The number of carboxylic acid groups (broad SMARTS) is 1. The molecule has 212 valence electrons. The van der Waals surface area contributed by atoms with Gasteiger partial charge in [0.1, 0.15) is 6.10 Å². The van der Waals surface area contributed by atoms with Crippen molar-refractivity contribution in [1.29, 1.82) is 0 Å². The molecule has 1 saturated carbocycles. The largest absolute Gasteiger partial charge is 0.481 e. The van der Waals surface area contributed by atoms with Crippen molar-refractivity contribution in [3.8, 4) is 0 Å². The molecule has 3 atom stereocenters. The molecule has 0 saturated heterocycles. The Hall–Kier alpha value is -1.06. The van der Waals surface area contributed by atoms with Crippen molar-refractivity contribution in [1.82, 2.24) is 0 Å². The lowest BCUT2D eigenvalue weighted by atomic mass is 9.81. The fourth-order valence-electron chi connectivity index (χ4n) is 5.59. The summed E-state index contributed by atoms with van der Waals surface area (Å²) in [5.74, 6) is 0.110. The second-order valence-corrected chi connectivity index (χ2v) is 12.5. The fraction of sp³-hybridized carbons (Fsp3) is 0.938. The number of hydrogen-bond acceptors (Lipinski definition) is 3. The minimum Gasteiger partial charge on any atom is -0.481 e. The van der Waals surface area contributed by atoms with Gasteiger partial charge in [0.05, 0.1) is 11.8 Å². The number of rotatable bonds is 22. The third-order valence-electron chi connectivity index (χ3n) is 8.00. The molecule has 4 heteroatoms. The number of carboxylic acids is 1. The first-order chi connectivity index (χ1) is 17.3. The van der Waals surface area contributed by atoms with Gasteiger partial charge in [0, 0.05) is 0 Å². The van der Waals surface area contributed by atoms with E-state index in [1.54, 1.807) is 0 Å². The summed E-state index contributed by atoms with van der Waals surface area (Å²) in [4.78, 5) is 24.3. The molecule has 0 bridgehead atoms. The Balaban J connectivity index is 2.33. The minimum atomic E-state index is -0.763. The first kappa shape index (κ1) is 33.0. The molecule has 36 heavy (non-hydrogen) atoms. The summed E-state index contributed by atoms with van der Waals surface area (Å²) in [6, 6.07) is 0. The molecule has 1 aliphatic carbocycles. The summed E-state index contributed by atoms with van der Waals surface area (Å²) in [7, 11) is 0. The lowest BCUT2D eigenvalue weighted by Gasteiger charge is -2.27. The zero-order valence-electron chi connectivity index (χ0n) is 24.4. The molecule has 1 rings (SSSR count). The Labute approximate surface area is 223 Å². The average molecular weight is 509 g/mol. The van der Waals surface area contributed by atoms with E-state index >= 15 is 0 Å². The number of carbonyl (C=O) groups excluding carboxylic acids is 1. The number of esters is 1. The van der Waals surface area contributed by atoms with E-state index < -0.39 is 5.97 Å². The van der Waals surface area contributed by atoms with E-state index in [-0.39, 0.29) is 23.9 Å². The van der Waals surface area contributed by atoms with E-state index in [4.69, 9.17) is 4.74 Å². The highest BCUT2D eigenvalue weighted by molar-refractivity contribution is 5.75. The molecule has 3 unspecified atom stereocenters. The van der Waals surface area contributed by atoms with Gasteiger partial charge in [-0.2, -0.15) is 0 Å². The van der Waals surface area contributed by atoms with Crippen molar-refractivity contribution in [2.24, 2.45) is 23.7 Å². The van der Waals surface area contributed by atoms with Gasteiger partial charge in [-0.15, -0.1) is 0 Å². The van der Waals surface area contributed by atoms with Crippen LogP contribution in [0.15, 0.2) is 0 Å². The van der Waals surface area contributed by atoms with E-state index in [0.717, 1.165) is 50.4 Å². The molecule has 0 aromatic heterocycles. The smallest absolute Gasteiger partial charge is 0.309 e. The van der Waals surface area contributed by atoms with Crippen molar-refractivity contribution < 1.29 is 19.4 Å². The summed E-state index contributed by atoms with van der Waals surface area (Å²) < 4.78 is 6.04. The van der Waals surface area contributed by atoms with Gasteiger partial charge in [0.25, 0.3) is 0 Å². The van der Waals surface area contributed by atoms with Crippen LogP contribution in [-0.2, 0) is 14.3 Å². The number of unbranched alkanes of at least 4 members (excludes halogenated alkanes) is 11. The maximum atomic E-state index is 12.9. The third kappa shape index (κ3) is 17.4. The number of hydrogen-bond donors (Lipinski definition) is 1. The second-order valence-electron chi connectivity index (χ2n) is 12.5. The van der Waals surface area contributed by atoms with E-state index in [1.807, 2.05) is 0 Å². The SMILES string of the molecule is CC(C)CCCCCCCCCCC(CCCCCCCC(C)C)OC(=O)C1CCCC(C(=O)O)C1. The van der Waals surface area contributed by atoms with Gasteiger partial charge in [0.2, 0.25) is 0 Å². The highest BCUT2D eigenvalue weighted by atomic mass is 16.5. The highest BCUT2D eigenvalue weighted by Gasteiger charge is 2.32. The van der Waals surface area contributed by atoms with Crippen LogP contribution in [0.1, 0.15) is 163 Å². The van der Waals surface area contributed by atoms with Crippen molar-refractivity contribution >= 4 is 11.9 Å². The van der Waals surface area contributed by atoms with Gasteiger partial charge in [-0.25, -0.2) is 0 Å². The normalized spacial score (nSPS) is 19.1. The van der Waals surface area contributed by atoms with Crippen LogP contribution in [0.25, 0.3) is 0 Å². The van der Waals surface area contributed by atoms with Crippen LogP contribution < -0.4 is 0 Å². The zero-order valence-corrected chi connectivity index (χ0v) is 24.4. The van der Waals surface area contributed by atoms with Crippen LogP contribution in [0.5, 0.6) is 0 Å². The Morgan fingerprint density at radius 1 is 0.639 bits per heavy atom. The summed E-state index contributed by atoms with van der Waals surface area (Å²) in [6.45, 7) is 9.19. The quantitative estimate of drug-likeness (QED) is 0.117. The molecule has 1 aliphatic rings. The van der Waals surface area contributed by atoms with Crippen LogP contribution in [0, 0.1) is 23.7 Å². The highest BCUT2D eigenvalue weighted by Crippen LogP contribution is 2.31. The van der Waals surface area contributed by atoms with Crippen LogP contribution in [0.3, 0.4) is 0 Å². The number of aliphatic carboxylic acids is 1. The zero-order chi connectivity index (χ0) is 26.6. The molecule has 0 aromatic rings. The molecule has 0 aromatic carbocycles. The van der Waals surface area contributed by atoms with E-state index in [0.29, 0.717) is 12.8 Å². The first-order valence-corrected chi connectivity index (χ1v) is 15.7. The van der Waals surface area contributed by atoms with Gasteiger partial charge in [0.15, 0.2) is 0 Å². The Kier molecular flexibility index (Phi) is 19.2. The fourth-order valence-corrected chi connectivity index (χ4v) is 5.59. The van der Waals surface area contributed by atoms with Crippen molar-refractivity contribution in [3.05, 3.63) is 0 Å². The summed E-state index contributed by atoms with van der Waals surface area (Å²) in [5.41, 5.74) is 0. The van der Waals surface area contributed by atoms with E-state index in [9.17, 15) is 14.7 Å². The van der Waals surface area contributed by atoms with Crippen LogP contribution in [0.2, 0.25) is 0 Å². The predicted molar refractivity (Wildman–Crippen MR) is 151 cm³/mol. The van der Waals surface area contributed by atoms with Crippen molar-refractivity contribution in [2.45, 2.75) is 169 Å². The molecule has 1 N–H and O–H groups in total. The maximum absolute atomic E-state index is 12.9. The minimum absolute atomic E-state index is 0.00871. The lowest BCUT2D eigenvalue weighted by molar-refractivity contribution is -0.158. The van der Waals surface area contributed by atoms with Crippen molar-refractivity contribution in [2.75, 3.05) is 0 Å². The molecule has 0 heterocycles. The topological polar surface area (TPSA) is 63.6 Å². The van der Waals surface area contributed by atoms with Gasteiger partial charge >= 0.3 is 11.9 Å². The Bertz CT molecular complexity index is 556.